The summed E-state index contributed by atoms with van der Waals surface area (Å²) in [5.41, 5.74) is -0.860. The number of benzene rings is 1. The van der Waals surface area contributed by atoms with Gasteiger partial charge in [0.1, 0.15) is 10.0 Å². The number of aromatic nitrogens is 3. The molecule has 4 aromatic rings. The average molecular weight is 521 g/mol. The molecule has 0 saturated heterocycles. The Labute approximate surface area is 205 Å². The van der Waals surface area contributed by atoms with Crippen LogP contribution >= 0.6 is 22.9 Å². The van der Waals surface area contributed by atoms with Crippen LogP contribution in [0.4, 0.5) is 18.2 Å². The van der Waals surface area contributed by atoms with Crippen molar-refractivity contribution in [1.82, 2.24) is 14.6 Å². The summed E-state index contributed by atoms with van der Waals surface area (Å²) >= 11 is 7.46. The van der Waals surface area contributed by atoms with Crippen LogP contribution in [-0.4, -0.2) is 31.6 Å². The number of nitrogens with one attached hydrogen (secondary N) is 1. The molecule has 0 bridgehead atoms. The number of anilines is 1. The lowest BCUT2D eigenvalue weighted by atomic mass is 9.95. The standard InChI is InChI=1S/C23H16ClF3N4O3S/c24-17-18(20(32)29-21-16(22(33)34)12-8-4-5-9-14(12)35-21)30-31-15(23(25,26)27)10-13(28-19(17)31)11-6-2-1-3-7-11/h1-3,6-7,10H,4-5,8-9H2,(H,29,32)(H,33,34). The summed E-state index contributed by atoms with van der Waals surface area (Å²) in [6.45, 7) is 0. The number of fused-ring (bicyclic) bond motifs is 2. The maximum absolute atomic E-state index is 13.9. The Morgan fingerprint density at radius 3 is 2.54 bits per heavy atom. The fourth-order valence-corrected chi connectivity index (χ4v) is 5.66. The van der Waals surface area contributed by atoms with E-state index in [0.29, 0.717) is 28.5 Å². The Hall–Kier alpha value is -3.44. The highest BCUT2D eigenvalue weighted by Gasteiger charge is 2.37. The fourth-order valence-electron chi connectivity index (χ4n) is 4.14. The second-order valence-corrected chi connectivity index (χ2v) is 9.45. The number of amides is 1. The van der Waals surface area contributed by atoms with Gasteiger partial charge < -0.3 is 10.4 Å². The summed E-state index contributed by atoms with van der Waals surface area (Å²) in [4.78, 5) is 30.0. The Balaban J connectivity index is 1.60. The molecule has 1 aliphatic carbocycles. The third-order valence-corrected chi connectivity index (χ3v) is 7.28. The summed E-state index contributed by atoms with van der Waals surface area (Å²) in [5, 5.41) is 15.8. The van der Waals surface area contributed by atoms with E-state index < -0.39 is 29.4 Å². The molecule has 1 aliphatic rings. The molecule has 0 aliphatic heterocycles. The first-order chi connectivity index (χ1) is 16.6. The number of hydrogen-bond donors (Lipinski definition) is 2. The molecule has 1 amide bonds. The largest absolute Gasteiger partial charge is 0.478 e. The van der Waals surface area contributed by atoms with Crippen molar-refractivity contribution in [2.75, 3.05) is 5.32 Å². The molecule has 0 saturated carbocycles. The minimum absolute atomic E-state index is 0.00148. The Kier molecular flexibility index (Phi) is 5.76. The van der Waals surface area contributed by atoms with Crippen molar-refractivity contribution in [1.29, 1.82) is 0 Å². The summed E-state index contributed by atoms with van der Waals surface area (Å²) in [5.74, 6) is -2.11. The van der Waals surface area contributed by atoms with Crippen LogP contribution in [-0.2, 0) is 19.0 Å². The minimum atomic E-state index is -4.81. The van der Waals surface area contributed by atoms with Crippen molar-refractivity contribution in [2.45, 2.75) is 31.9 Å². The van der Waals surface area contributed by atoms with Gasteiger partial charge in [-0.3, -0.25) is 4.79 Å². The second-order valence-electron chi connectivity index (χ2n) is 7.96. The molecule has 35 heavy (non-hydrogen) atoms. The number of carbonyl (C=O) groups excluding carboxylic acids is 1. The van der Waals surface area contributed by atoms with Gasteiger partial charge in [0.05, 0.1) is 11.3 Å². The fraction of sp³-hybridized carbons (Fsp3) is 0.217. The van der Waals surface area contributed by atoms with E-state index in [1.807, 2.05) is 0 Å². The van der Waals surface area contributed by atoms with Crippen LogP contribution in [0.3, 0.4) is 0 Å². The third-order valence-electron chi connectivity index (χ3n) is 5.72. The highest BCUT2D eigenvalue weighted by atomic mass is 35.5. The van der Waals surface area contributed by atoms with Gasteiger partial charge in [0.2, 0.25) is 0 Å². The van der Waals surface area contributed by atoms with Crippen molar-refractivity contribution >= 4 is 45.5 Å². The number of halogens is 4. The molecule has 7 nitrogen and oxygen atoms in total. The molecule has 180 valence electrons. The van der Waals surface area contributed by atoms with Crippen molar-refractivity contribution < 1.29 is 27.9 Å². The van der Waals surface area contributed by atoms with Gasteiger partial charge in [0.15, 0.2) is 17.0 Å². The first kappa shape index (κ1) is 23.3. The lowest BCUT2D eigenvalue weighted by Crippen LogP contribution is -2.16. The number of rotatable bonds is 4. The molecule has 3 aromatic heterocycles. The molecule has 12 heteroatoms. The number of nitrogens with zero attached hydrogens (tertiary/aromatic N) is 3. The lowest BCUT2D eigenvalue weighted by molar-refractivity contribution is -0.142. The number of aryl methyl sites for hydroxylation is 1. The maximum Gasteiger partial charge on any atom is 0.433 e. The van der Waals surface area contributed by atoms with E-state index in [2.05, 4.69) is 15.4 Å². The SMILES string of the molecule is O=C(Nc1sc2c(c1C(=O)O)CCCC2)c1nn2c(C(F)(F)F)cc(-c3ccccc3)nc2c1Cl. The predicted molar refractivity (Wildman–Crippen MR) is 124 cm³/mol. The normalized spacial score (nSPS) is 13.6. The van der Waals surface area contributed by atoms with Crippen LogP contribution in [0.5, 0.6) is 0 Å². The summed E-state index contributed by atoms with van der Waals surface area (Å²) in [6.07, 6.45) is -1.78. The monoisotopic (exact) mass is 520 g/mol. The van der Waals surface area contributed by atoms with Crippen molar-refractivity contribution in [3.63, 3.8) is 0 Å². The Morgan fingerprint density at radius 2 is 1.86 bits per heavy atom. The van der Waals surface area contributed by atoms with Crippen LogP contribution in [0.1, 0.15) is 49.8 Å². The predicted octanol–water partition coefficient (Wildman–Crippen LogP) is 5.96. The number of aromatic carboxylic acids is 1. The van der Waals surface area contributed by atoms with Gasteiger partial charge in [-0.05, 0) is 37.3 Å². The zero-order valence-corrected chi connectivity index (χ0v) is 19.4. The van der Waals surface area contributed by atoms with Gasteiger partial charge in [0, 0.05) is 10.4 Å². The number of alkyl halides is 3. The van der Waals surface area contributed by atoms with Crippen molar-refractivity contribution in [2.24, 2.45) is 0 Å². The molecule has 0 fully saturated rings. The molecule has 2 N–H and O–H groups in total. The van der Waals surface area contributed by atoms with E-state index in [0.717, 1.165) is 35.1 Å². The van der Waals surface area contributed by atoms with E-state index in [-0.39, 0.29) is 26.9 Å². The summed E-state index contributed by atoms with van der Waals surface area (Å²) in [7, 11) is 0. The van der Waals surface area contributed by atoms with E-state index in [9.17, 15) is 27.9 Å². The van der Waals surface area contributed by atoms with Gasteiger partial charge in [-0.15, -0.1) is 11.3 Å². The molecule has 5 rings (SSSR count). The summed E-state index contributed by atoms with van der Waals surface area (Å²) in [6, 6.07) is 9.07. The van der Waals surface area contributed by atoms with Crippen molar-refractivity contribution in [3.8, 4) is 11.3 Å². The van der Waals surface area contributed by atoms with Crippen LogP contribution in [0.15, 0.2) is 36.4 Å². The Morgan fingerprint density at radius 1 is 1.14 bits per heavy atom. The lowest BCUT2D eigenvalue weighted by Gasteiger charge is -2.11. The number of thiophene rings is 1. The topological polar surface area (TPSA) is 96.6 Å². The quantitative estimate of drug-likeness (QED) is 0.346. The smallest absolute Gasteiger partial charge is 0.433 e. The molecule has 0 atom stereocenters. The molecular formula is C23H16ClF3N4O3S. The summed E-state index contributed by atoms with van der Waals surface area (Å²) < 4.78 is 42.1. The average Bonchev–Trinajstić information content (AvgIpc) is 3.35. The van der Waals surface area contributed by atoms with Crippen LogP contribution in [0.25, 0.3) is 16.9 Å². The van der Waals surface area contributed by atoms with Crippen LogP contribution in [0, 0.1) is 0 Å². The van der Waals surface area contributed by atoms with E-state index in [4.69, 9.17) is 11.6 Å². The zero-order chi connectivity index (χ0) is 24.9. The third kappa shape index (κ3) is 4.14. The second kappa shape index (κ2) is 8.65. The molecular weight excluding hydrogens is 505 g/mol. The highest BCUT2D eigenvalue weighted by molar-refractivity contribution is 7.17. The van der Waals surface area contributed by atoms with E-state index >= 15 is 0 Å². The molecule has 0 unspecified atom stereocenters. The number of carbonyl (C=O) groups is 2. The molecule has 0 radical (unpaired) electrons. The molecule has 1 aromatic carbocycles. The number of carboxylic acids is 1. The van der Waals surface area contributed by atoms with Gasteiger partial charge in [-0.1, -0.05) is 41.9 Å². The number of hydrogen-bond acceptors (Lipinski definition) is 5. The Bertz CT molecular complexity index is 1480. The minimum Gasteiger partial charge on any atom is -0.478 e. The maximum atomic E-state index is 13.9. The van der Waals surface area contributed by atoms with Gasteiger partial charge in [0.25, 0.3) is 5.91 Å². The first-order valence-corrected chi connectivity index (χ1v) is 11.8. The molecule has 0 spiro atoms. The van der Waals surface area contributed by atoms with Gasteiger partial charge in [-0.2, -0.15) is 18.3 Å². The van der Waals surface area contributed by atoms with E-state index in [1.165, 1.54) is 0 Å². The van der Waals surface area contributed by atoms with Crippen LogP contribution < -0.4 is 5.32 Å². The number of carboxylic acid groups (broad SMARTS) is 1. The molecule has 3 heterocycles. The van der Waals surface area contributed by atoms with Crippen molar-refractivity contribution in [3.05, 3.63) is 68.8 Å². The van der Waals surface area contributed by atoms with Gasteiger partial charge in [-0.25, -0.2) is 14.3 Å². The highest BCUT2D eigenvalue weighted by Crippen LogP contribution is 2.39. The zero-order valence-electron chi connectivity index (χ0n) is 17.8. The van der Waals surface area contributed by atoms with Gasteiger partial charge >= 0.3 is 12.1 Å². The first-order valence-electron chi connectivity index (χ1n) is 10.6. The van der Waals surface area contributed by atoms with Crippen LogP contribution in [0.2, 0.25) is 5.02 Å². The van der Waals surface area contributed by atoms with E-state index in [1.54, 1.807) is 30.3 Å².